The van der Waals surface area contributed by atoms with E-state index in [1.807, 2.05) is 23.1 Å². The molecule has 1 atom stereocenters. The first-order valence-corrected chi connectivity index (χ1v) is 8.68. The molecule has 2 amide bonds. The zero-order valence-electron chi connectivity index (χ0n) is 14.3. The van der Waals surface area contributed by atoms with Gasteiger partial charge in [-0.3, -0.25) is 9.59 Å². The number of ether oxygens (including phenoxy) is 2. The lowest BCUT2D eigenvalue weighted by molar-refractivity contribution is 0.0786. The lowest BCUT2D eigenvalue weighted by atomic mass is 9.97. The standard InChI is InChI=1S/C20H20N2O4/c21-19(23)15-3-1-2-13(9-15)8-14-6-7-22(11-14)20(24)16-4-5-17-18(10-16)26-12-25-17/h1-5,9-10,14H,6-8,11-12H2,(H2,21,23). The van der Waals surface area contributed by atoms with E-state index in [0.717, 1.165) is 24.9 Å². The molecule has 1 saturated heterocycles. The van der Waals surface area contributed by atoms with Crippen molar-refractivity contribution in [2.45, 2.75) is 12.8 Å². The normalized spacial score (nSPS) is 18.2. The highest BCUT2D eigenvalue weighted by Gasteiger charge is 2.28. The number of hydrogen-bond acceptors (Lipinski definition) is 4. The van der Waals surface area contributed by atoms with E-state index in [1.54, 1.807) is 24.3 Å². The summed E-state index contributed by atoms with van der Waals surface area (Å²) in [6.07, 6.45) is 1.77. The van der Waals surface area contributed by atoms with Gasteiger partial charge in [0.2, 0.25) is 12.7 Å². The molecule has 0 bridgehead atoms. The molecule has 1 fully saturated rings. The van der Waals surface area contributed by atoms with E-state index in [-0.39, 0.29) is 12.7 Å². The number of rotatable bonds is 4. The van der Waals surface area contributed by atoms with Crippen LogP contribution in [0.1, 0.15) is 32.7 Å². The summed E-state index contributed by atoms with van der Waals surface area (Å²) >= 11 is 0. The molecule has 6 heteroatoms. The Morgan fingerprint density at radius 3 is 2.77 bits per heavy atom. The molecule has 0 spiro atoms. The van der Waals surface area contributed by atoms with Gasteiger partial charge in [-0.05, 0) is 54.7 Å². The van der Waals surface area contributed by atoms with Crippen molar-refractivity contribution < 1.29 is 19.1 Å². The van der Waals surface area contributed by atoms with Gasteiger partial charge in [0.05, 0.1) is 0 Å². The fourth-order valence-corrected chi connectivity index (χ4v) is 3.58. The average Bonchev–Trinajstić information content (AvgIpc) is 3.30. The van der Waals surface area contributed by atoms with E-state index in [0.29, 0.717) is 35.1 Å². The first-order chi connectivity index (χ1) is 12.6. The Hall–Kier alpha value is -3.02. The fourth-order valence-electron chi connectivity index (χ4n) is 3.58. The second kappa shape index (κ2) is 6.71. The monoisotopic (exact) mass is 352 g/mol. The SMILES string of the molecule is NC(=O)c1cccc(CC2CCN(C(=O)c3ccc4c(c3)OCO4)C2)c1. The predicted molar refractivity (Wildman–Crippen MR) is 95.2 cm³/mol. The number of nitrogens with two attached hydrogens (primary N) is 1. The molecule has 2 aromatic rings. The maximum atomic E-state index is 12.8. The number of amides is 2. The van der Waals surface area contributed by atoms with Crippen molar-refractivity contribution in [2.75, 3.05) is 19.9 Å². The van der Waals surface area contributed by atoms with Crippen molar-refractivity contribution in [1.82, 2.24) is 4.90 Å². The first-order valence-electron chi connectivity index (χ1n) is 8.68. The van der Waals surface area contributed by atoms with Crippen LogP contribution in [0.25, 0.3) is 0 Å². The second-order valence-electron chi connectivity index (χ2n) is 6.74. The second-order valence-corrected chi connectivity index (χ2v) is 6.74. The van der Waals surface area contributed by atoms with Gasteiger partial charge in [0.25, 0.3) is 5.91 Å². The third-order valence-electron chi connectivity index (χ3n) is 4.93. The molecule has 4 rings (SSSR count). The van der Waals surface area contributed by atoms with E-state index >= 15 is 0 Å². The zero-order chi connectivity index (χ0) is 18.1. The Bertz CT molecular complexity index is 865. The maximum absolute atomic E-state index is 12.8. The summed E-state index contributed by atoms with van der Waals surface area (Å²) in [6, 6.07) is 12.7. The van der Waals surface area contributed by atoms with Crippen LogP contribution < -0.4 is 15.2 Å². The maximum Gasteiger partial charge on any atom is 0.254 e. The van der Waals surface area contributed by atoms with E-state index < -0.39 is 5.91 Å². The van der Waals surface area contributed by atoms with Crippen LogP contribution in [0.4, 0.5) is 0 Å². The summed E-state index contributed by atoms with van der Waals surface area (Å²) in [5.41, 5.74) is 7.56. The molecular weight excluding hydrogens is 332 g/mol. The lowest BCUT2D eigenvalue weighted by Gasteiger charge is -2.17. The van der Waals surface area contributed by atoms with Crippen LogP contribution in [0.5, 0.6) is 11.5 Å². The Morgan fingerprint density at radius 2 is 1.92 bits per heavy atom. The van der Waals surface area contributed by atoms with Crippen LogP contribution in [-0.4, -0.2) is 36.6 Å². The third-order valence-corrected chi connectivity index (χ3v) is 4.93. The van der Waals surface area contributed by atoms with Crippen LogP contribution in [0.2, 0.25) is 0 Å². The minimum Gasteiger partial charge on any atom is -0.454 e. The van der Waals surface area contributed by atoms with Gasteiger partial charge in [-0.15, -0.1) is 0 Å². The Morgan fingerprint density at radius 1 is 1.08 bits per heavy atom. The molecule has 2 aliphatic rings. The largest absolute Gasteiger partial charge is 0.454 e. The highest BCUT2D eigenvalue weighted by molar-refractivity contribution is 5.95. The highest BCUT2D eigenvalue weighted by atomic mass is 16.7. The molecule has 0 aromatic heterocycles. The highest BCUT2D eigenvalue weighted by Crippen LogP contribution is 2.33. The lowest BCUT2D eigenvalue weighted by Crippen LogP contribution is -2.28. The molecule has 2 aliphatic heterocycles. The summed E-state index contributed by atoms with van der Waals surface area (Å²) in [5, 5.41) is 0. The van der Waals surface area contributed by atoms with Crippen LogP contribution in [0.3, 0.4) is 0 Å². The van der Waals surface area contributed by atoms with E-state index in [4.69, 9.17) is 15.2 Å². The average molecular weight is 352 g/mol. The summed E-state index contributed by atoms with van der Waals surface area (Å²) in [5.74, 6) is 1.26. The van der Waals surface area contributed by atoms with Crippen LogP contribution >= 0.6 is 0 Å². The number of hydrogen-bond donors (Lipinski definition) is 1. The third kappa shape index (κ3) is 3.22. The van der Waals surface area contributed by atoms with Gasteiger partial charge in [0.15, 0.2) is 11.5 Å². The summed E-state index contributed by atoms with van der Waals surface area (Å²) < 4.78 is 10.6. The van der Waals surface area contributed by atoms with Crippen molar-refractivity contribution in [3.05, 3.63) is 59.2 Å². The van der Waals surface area contributed by atoms with Gasteiger partial charge < -0.3 is 20.1 Å². The van der Waals surface area contributed by atoms with E-state index in [2.05, 4.69) is 0 Å². The van der Waals surface area contributed by atoms with Crippen molar-refractivity contribution in [3.8, 4) is 11.5 Å². The summed E-state index contributed by atoms with van der Waals surface area (Å²) in [6.45, 7) is 1.63. The van der Waals surface area contributed by atoms with E-state index in [1.165, 1.54) is 0 Å². The van der Waals surface area contributed by atoms with Gasteiger partial charge >= 0.3 is 0 Å². The molecule has 1 unspecified atom stereocenters. The van der Waals surface area contributed by atoms with Crippen molar-refractivity contribution >= 4 is 11.8 Å². The number of nitrogens with zero attached hydrogens (tertiary/aromatic N) is 1. The van der Waals surface area contributed by atoms with Crippen LogP contribution in [0, 0.1) is 5.92 Å². The zero-order valence-corrected chi connectivity index (χ0v) is 14.3. The predicted octanol–water partition coefficient (Wildman–Crippen LogP) is 2.22. The number of primary amides is 1. The Balaban J connectivity index is 1.41. The van der Waals surface area contributed by atoms with Gasteiger partial charge in [0.1, 0.15) is 0 Å². The van der Waals surface area contributed by atoms with Crippen molar-refractivity contribution in [3.63, 3.8) is 0 Å². The molecule has 0 saturated carbocycles. The molecule has 6 nitrogen and oxygen atoms in total. The number of carbonyl (C=O) groups is 2. The number of likely N-dealkylation sites (tertiary alicyclic amines) is 1. The summed E-state index contributed by atoms with van der Waals surface area (Å²) in [4.78, 5) is 26.0. The smallest absolute Gasteiger partial charge is 0.254 e. The minimum absolute atomic E-state index is 0.0108. The number of carbonyl (C=O) groups excluding carboxylic acids is 2. The van der Waals surface area contributed by atoms with Crippen LogP contribution in [-0.2, 0) is 6.42 Å². The molecule has 26 heavy (non-hydrogen) atoms. The molecule has 0 radical (unpaired) electrons. The quantitative estimate of drug-likeness (QED) is 0.915. The van der Waals surface area contributed by atoms with Gasteiger partial charge in [0, 0.05) is 24.2 Å². The van der Waals surface area contributed by atoms with Gasteiger partial charge in [-0.25, -0.2) is 0 Å². The number of fused-ring (bicyclic) bond motifs is 1. The van der Waals surface area contributed by atoms with Gasteiger partial charge in [-0.2, -0.15) is 0 Å². The molecule has 2 heterocycles. The first kappa shape index (κ1) is 16.4. The van der Waals surface area contributed by atoms with Gasteiger partial charge in [-0.1, -0.05) is 12.1 Å². The number of benzene rings is 2. The molecular formula is C20H20N2O4. The minimum atomic E-state index is -0.419. The Labute approximate surface area is 151 Å². The Kier molecular flexibility index (Phi) is 4.24. The van der Waals surface area contributed by atoms with Crippen molar-refractivity contribution in [1.29, 1.82) is 0 Å². The topological polar surface area (TPSA) is 81.9 Å². The summed E-state index contributed by atoms with van der Waals surface area (Å²) in [7, 11) is 0. The van der Waals surface area contributed by atoms with Crippen LogP contribution in [0.15, 0.2) is 42.5 Å². The molecule has 2 aromatic carbocycles. The van der Waals surface area contributed by atoms with E-state index in [9.17, 15) is 9.59 Å². The fraction of sp³-hybridized carbons (Fsp3) is 0.300. The molecule has 2 N–H and O–H groups in total. The molecule has 0 aliphatic carbocycles. The molecule has 134 valence electrons. The van der Waals surface area contributed by atoms with Crippen molar-refractivity contribution in [2.24, 2.45) is 11.7 Å².